The zero-order valence-electron chi connectivity index (χ0n) is 29.8. The minimum atomic E-state index is -0.688. The molecule has 0 bridgehead atoms. The van der Waals surface area contributed by atoms with E-state index in [0.717, 1.165) is 39.8 Å². The van der Waals surface area contributed by atoms with Crippen molar-refractivity contribution < 1.29 is 19.5 Å². The van der Waals surface area contributed by atoms with Gasteiger partial charge in [0.25, 0.3) is 5.91 Å². The second kappa shape index (κ2) is 19.5. The van der Waals surface area contributed by atoms with Gasteiger partial charge in [-0.15, -0.1) is 0 Å². The van der Waals surface area contributed by atoms with E-state index in [1.807, 2.05) is 91.0 Å². The number of anilines is 1. The molecule has 53 heavy (non-hydrogen) atoms. The normalized spacial score (nSPS) is 12.0. The minimum Gasteiger partial charge on any atom is -0.387 e. The third-order valence-electron chi connectivity index (χ3n) is 8.68. The average Bonchev–Trinajstić information content (AvgIpc) is 3.18. The van der Waals surface area contributed by atoms with E-state index < -0.39 is 6.10 Å². The molecule has 0 spiro atoms. The number of hydrogen-bond donors (Lipinski definition) is 7. The lowest BCUT2D eigenvalue weighted by atomic mass is 10.0. The Hall–Kier alpha value is -6.04. The fourth-order valence-corrected chi connectivity index (χ4v) is 5.64. The highest BCUT2D eigenvalue weighted by Crippen LogP contribution is 2.14. The van der Waals surface area contributed by atoms with Crippen LogP contribution < -0.4 is 32.3 Å². The third kappa shape index (κ3) is 12.9. The number of nitrogens with two attached hydrogens (primary N) is 1. The maximum absolute atomic E-state index is 12.8. The van der Waals surface area contributed by atoms with E-state index >= 15 is 0 Å². The van der Waals surface area contributed by atoms with Gasteiger partial charge in [-0.05, 0) is 64.9 Å². The van der Waals surface area contributed by atoms with Gasteiger partial charge >= 0.3 is 6.03 Å². The quantitative estimate of drug-likeness (QED) is 0.0732. The van der Waals surface area contributed by atoms with E-state index in [1.54, 1.807) is 30.5 Å². The predicted molar refractivity (Wildman–Crippen MR) is 206 cm³/mol. The van der Waals surface area contributed by atoms with E-state index in [0.29, 0.717) is 49.7 Å². The number of aliphatic hydroxyl groups is 1. The van der Waals surface area contributed by atoms with Gasteiger partial charge in [0.15, 0.2) is 0 Å². The highest BCUT2D eigenvalue weighted by molar-refractivity contribution is 5.94. The Balaban J connectivity index is 0.980. The van der Waals surface area contributed by atoms with Crippen LogP contribution in [0.4, 0.5) is 10.6 Å². The maximum atomic E-state index is 12.8. The first-order valence-electron chi connectivity index (χ1n) is 17.7. The Bertz CT molecular complexity index is 1920. The maximum Gasteiger partial charge on any atom is 0.315 e. The van der Waals surface area contributed by atoms with E-state index in [1.165, 1.54) is 0 Å². The van der Waals surface area contributed by atoms with Crippen LogP contribution in [0.2, 0.25) is 0 Å². The Morgan fingerprint density at radius 1 is 0.660 bits per heavy atom. The second-order valence-corrected chi connectivity index (χ2v) is 13.0. The van der Waals surface area contributed by atoms with Crippen LogP contribution in [0.1, 0.15) is 62.3 Å². The van der Waals surface area contributed by atoms with Crippen LogP contribution in [0.15, 0.2) is 121 Å². The standard InChI is InChI=1S/C42H47N7O4/c1-29(44-28-38(50)37-18-19-39(43)45-27-37)20-34-8-5-9-35(21-34)22-40(51)46-23-33-14-16-36(17-15-33)41(52)47-24-31-10-12-32(13-11-31)26-49-42(53)48-25-30-6-3-2-4-7-30/h2-19,21,27,29,38,44,50H,20,22-26,28H2,1H3,(H2,43,45)(H,46,51)(H,47,52)(H2,48,49,53)/t29-,38-/m1/s1. The highest BCUT2D eigenvalue weighted by Gasteiger charge is 2.12. The molecular weight excluding hydrogens is 667 g/mol. The fourth-order valence-electron chi connectivity index (χ4n) is 5.64. The first-order chi connectivity index (χ1) is 25.7. The zero-order valence-corrected chi connectivity index (χ0v) is 29.8. The summed E-state index contributed by atoms with van der Waals surface area (Å²) in [6.07, 6.45) is 1.88. The number of benzene rings is 4. The molecule has 8 N–H and O–H groups in total. The van der Waals surface area contributed by atoms with Gasteiger partial charge in [-0.1, -0.05) is 97.1 Å². The van der Waals surface area contributed by atoms with Crippen molar-refractivity contribution in [3.8, 4) is 0 Å². The molecule has 0 fully saturated rings. The van der Waals surface area contributed by atoms with Crippen molar-refractivity contribution >= 4 is 23.7 Å². The van der Waals surface area contributed by atoms with Crippen LogP contribution in [0.25, 0.3) is 0 Å². The van der Waals surface area contributed by atoms with Gasteiger partial charge in [0.05, 0.1) is 12.5 Å². The number of carbonyl (C=O) groups is 3. The van der Waals surface area contributed by atoms with Crippen molar-refractivity contribution in [3.05, 3.63) is 166 Å². The van der Waals surface area contributed by atoms with Gasteiger partial charge in [-0.25, -0.2) is 9.78 Å². The molecule has 0 radical (unpaired) electrons. The first-order valence-corrected chi connectivity index (χ1v) is 17.7. The van der Waals surface area contributed by atoms with E-state index in [-0.39, 0.29) is 30.3 Å². The average molecular weight is 714 g/mol. The Kier molecular flexibility index (Phi) is 14.1. The number of pyridine rings is 1. The van der Waals surface area contributed by atoms with E-state index in [2.05, 4.69) is 38.5 Å². The van der Waals surface area contributed by atoms with Crippen LogP contribution in [0, 0.1) is 0 Å². The number of nitrogen functional groups attached to an aromatic ring is 1. The van der Waals surface area contributed by atoms with Gasteiger partial charge in [0.1, 0.15) is 5.82 Å². The highest BCUT2D eigenvalue weighted by atomic mass is 16.3. The largest absolute Gasteiger partial charge is 0.387 e. The van der Waals surface area contributed by atoms with Gasteiger partial charge in [-0.3, -0.25) is 9.59 Å². The van der Waals surface area contributed by atoms with Crippen LogP contribution in [-0.4, -0.2) is 40.5 Å². The molecule has 5 rings (SSSR count). The van der Waals surface area contributed by atoms with Gasteiger partial charge in [0.2, 0.25) is 5.91 Å². The molecule has 4 amide bonds. The molecule has 5 aromatic rings. The van der Waals surface area contributed by atoms with Crippen molar-refractivity contribution in [2.75, 3.05) is 12.3 Å². The molecule has 0 unspecified atom stereocenters. The lowest BCUT2D eigenvalue weighted by Gasteiger charge is -2.18. The number of hydrogen-bond acceptors (Lipinski definition) is 7. The molecule has 2 atom stereocenters. The number of rotatable bonds is 17. The fraction of sp³-hybridized carbons (Fsp3) is 0.238. The number of carbonyl (C=O) groups excluding carboxylic acids is 3. The molecule has 0 aliphatic heterocycles. The number of nitrogens with zero attached hydrogens (tertiary/aromatic N) is 1. The summed E-state index contributed by atoms with van der Waals surface area (Å²) in [6, 6.07) is 35.9. The monoisotopic (exact) mass is 713 g/mol. The molecule has 11 nitrogen and oxygen atoms in total. The zero-order chi connectivity index (χ0) is 37.4. The van der Waals surface area contributed by atoms with Gasteiger partial charge in [-0.2, -0.15) is 0 Å². The molecule has 4 aromatic carbocycles. The van der Waals surface area contributed by atoms with Crippen molar-refractivity contribution in [1.29, 1.82) is 0 Å². The van der Waals surface area contributed by atoms with Crippen molar-refractivity contribution in [1.82, 2.24) is 31.6 Å². The van der Waals surface area contributed by atoms with Crippen molar-refractivity contribution in [2.45, 2.75) is 58.1 Å². The summed E-state index contributed by atoms with van der Waals surface area (Å²) >= 11 is 0. The molecule has 0 aliphatic rings. The SMILES string of the molecule is C[C@H](Cc1cccc(CC(=O)NCc2ccc(C(=O)NCc3ccc(CNC(=O)NCc4ccccc4)cc3)cc2)c1)NC[C@@H](O)c1ccc(N)nc1. The first kappa shape index (κ1) is 38.2. The smallest absolute Gasteiger partial charge is 0.315 e. The number of urea groups is 1. The number of aromatic nitrogens is 1. The van der Waals surface area contributed by atoms with E-state index in [9.17, 15) is 19.5 Å². The third-order valence-corrected chi connectivity index (χ3v) is 8.68. The summed E-state index contributed by atoms with van der Waals surface area (Å²) < 4.78 is 0. The second-order valence-electron chi connectivity index (χ2n) is 13.0. The summed E-state index contributed by atoms with van der Waals surface area (Å²) in [5.74, 6) is 0.127. The molecule has 0 saturated heterocycles. The molecular formula is C42H47N7O4. The summed E-state index contributed by atoms with van der Waals surface area (Å²) in [7, 11) is 0. The van der Waals surface area contributed by atoms with Crippen LogP contribution in [-0.2, 0) is 43.8 Å². The molecule has 11 heteroatoms. The van der Waals surface area contributed by atoms with Crippen LogP contribution in [0.3, 0.4) is 0 Å². The molecule has 274 valence electrons. The summed E-state index contributed by atoms with van der Waals surface area (Å²) in [5, 5.41) is 25.4. The molecule has 0 saturated carbocycles. The number of nitrogens with one attached hydrogen (secondary N) is 5. The Morgan fingerprint density at radius 2 is 1.23 bits per heavy atom. The van der Waals surface area contributed by atoms with Crippen molar-refractivity contribution in [3.63, 3.8) is 0 Å². The Labute approximate surface area is 310 Å². The van der Waals surface area contributed by atoms with Crippen LogP contribution >= 0.6 is 0 Å². The van der Waals surface area contributed by atoms with E-state index in [4.69, 9.17) is 5.73 Å². The Morgan fingerprint density at radius 3 is 1.87 bits per heavy atom. The summed E-state index contributed by atoms with van der Waals surface area (Å²) in [4.78, 5) is 41.7. The number of amides is 4. The molecule has 1 heterocycles. The van der Waals surface area contributed by atoms with Gasteiger partial charge < -0.3 is 37.4 Å². The lowest BCUT2D eigenvalue weighted by molar-refractivity contribution is -0.120. The number of aliphatic hydroxyl groups excluding tert-OH is 1. The minimum absolute atomic E-state index is 0.0940. The lowest BCUT2D eigenvalue weighted by Crippen LogP contribution is -2.34. The molecule has 1 aromatic heterocycles. The summed E-state index contributed by atoms with van der Waals surface area (Å²) in [6.45, 7) is 4.01. The predicted octanol–water partition coefficient (Wildman–Crippen LogP) is 4.71. The van der Waals surface area contributed by atoms with Crippen molar-refractivity contribution in [2.24, 2.45) is 0 Å². The molecule has 0 aliphatic carbocycles. The van der Waals surface area contributed by atoms with Crippen LogP contribution in [0.5, 0.6) is 0 Å². The van der Waals surface area contributed by atoms with Gasteiger partial charge in [0, 0.05) is 56.1 Å². The topological polar surface area (TPSA) is 170 Å². The summed E-state index contributed by atoms with van der Waals surface area (Å²) in [5.41, 5.74) is 12.7.